The smallest absolute Gasteiger partial charge is 0.0243 e. The van der Waals surface area contributed by atoms with Gasteiger partial charge in [-0.2, -0.15) is 0 Å². The van der Waals surface area contributed by atoms with E-state index in [1.807, 2.05) is 0 Å². The van der Waals surface area contributed by atoms with Gasteiger partial charge in [0.25, 0.3) is 0 Å². The zero-order valence-electron chi connectivity index (χ0n) is 4.85. The van der Waals surface area contributed by atoms with E-state index in [-0.39, 0.29) is 0 Å². The molecule has 1 saturated heterocycles. The van der Waals surface area contributed by atoms with Crippen molar-refractivity contribution in [1.29, 1.82) is 0 Å². The summed E-state index contributed by atoms with van der Waals surface area (Å²) < 4.78 is 0. The normalized spacial score (nSPS) is 31.3. The molecule has 1 radical (unpaired) electrons. The van der Waals surface area contributed by atoms with E-state index in [4.69, 9.17) is 0 Å². The molecule has 7 heavy (non-hydrogen) atoms. The van der Waals surface area contributed by atoms with Crippen molar-refractivity contribution in [1.82, 2.24) is 5.32 Å². The largest absolute Gasteiger partial charge is 0.238 e. The SMILES string of the molecule is CCC1CCC[N]1. The first-order valence-corrected chi connectivity index (χ1v) is 3.10. The Morgan fingerprint density at radius 1 is 1.71 bits per heavy atom. The summed E-state index contributed by atoms with van der Waals surface area (Å²) in [5.74, 6) is 0. The van der Waals surface area contributed by atoms with Gasteiger partial charge in [0.05, 0.1) is 0 Å². The third-order valence-corrected chi connectivity index (χ3v) is 1.55. The second-order valence-electron chi connectivity index (χ2n) is 2.11. The highest BCUT2D eigenvalue weighted by Crippen LogP contribution is 2.08. The van der Waals surface area contributed by atoms with Crippen LogP contribution in [0.1, 0.15) is 26.2 Å². The fraction of sp³-hybridized carbons (Fsp3) is 1.00. The first-order valence-electron chi connectivity index (χ1n) is 3.10. The Morgan fingerprint density at radius 2 is 2.57 bits per heavy atom. The van der Waals surface area contributed by atoms with Crippen molar-refractivity contribution in [3.8, 4) is 0 Å². The molecule has 0 bridgehead atoms. The Hall–Kier alpha value is -0.0400. The standard InChI is InChI=1S/C6H12N/c1-2-6-4-3-5-7-6/h6H,2-5H2,1H3. The topological polar surface area (TPSA) is 14.1 Å². The summed E-state index contributed by atoms with van der Waals surface area (Å²) in [6, 6.07) is 0.722. The molecule has 1 heterocycles. The molecule has 1 heteroatoms. The van der Waals surface area contributed by atoms with E-state index >= 15 is 0 Å². The quantitative estimate of drug-likeness (QED) is 0.467. The van der Waals surface area contributed by atoms with E-state index in [0.717, 1.165) is 12.6 Å². The van der Waals surface area contributed by atoms with Crippen LogP contribution in [0.2, 0.25) is 0 Å². The molecule has 1 aliphatic rings. The minimum atomic E-state index is 0.722. The van der Waals surface area contributed by atoms with Crippen molar-refractivity contribution in [2.45, 2.75) is 32.2 Å². The van der Waals surface area contributed by atoms with Gasteiger partial charge in [0.2, 0.25) is 0 Å². The summed E-state index contributed by atoms with van der Waals surface area (Å²) in [5.41, 5.74) is 0. The average molecular weight is 98.2 g/mol. The molecular formula is C6H12N. The first-order chi connectivity index (χ1) is 3.43. The van der Waals surface area contributed by atoms with Crippen LogP contribution in [0.15, 0.2) is 0 Å². The summed E-state index contributed by atoms with van der Waals surface area (Å²) in [5, 5.41) is 4.35. The van der Waals surface area contributed by atoms with Crippen molar-refractivity contribution in [3.63, 3.8) is 0 Å². The van der Waals surface area contributed by atoms with Crippen LogP contribution in [0, 0.1) is 0 Å². The van der Waals surface area contributed by atoms with Crippen molar-refractivity contribution in [3.05, 3.63) is 0 Å². The van der Waals surface area contributed by atoms with Crippen LogP contribution >= 0.6 is 0 Å². The van der Waals surface area contributed by atoms with Crippen LogP contribution in [0.5, 0.6) is 0 Å². The van der Waals surface area contributed by atoms with Crippen LogP contribution < -0.4 is 5.32 Å². The Morgan fingerprint density at radius 3 is 2.86 bits per heavy atom. The molecule has 41 valence electrons. The maximum absolute atomic E-state index is 4.35. The van der Waals surface area contributed by atoms with Gasteiger partial charge in [-0.05, 0) is 19.3 Å². The average Bonchev–Trinajstić information content (AvgIpc) is 2.14. The molecule has 1 rings (SSSR count). The summed E-state index contributed by atoms with van der Waals surface area (Å²) in [6.45, 7) is 3.33. The molecule has 1 atom stereocenters. The summed E-state index contributed by atoms with van der Waals surface area (Å²) in [6.07, 6.45) is 3.93. The van der Waals surface area contributed by atoms with E-state index < -0.39 is 0 Å². The third-order valence-electron chi connectivity index (χ3n) is 1.55. The van der Waals surface area contributed by atoms with Gasteiger partial charge in [0, 0.05) is 12.6 Å². The maximum Gasteiger partial charge on any atom is 0.0243 e. The predicted molar refractivity (Wildman–Crippen MR) is 30.3 cm³/mol. The molecule has 1 unspecified atom stereocenters. The van der Waals surface area contributed by atoms with Crippen LogP contribution in [0.3, 0.4) is 0 Å². The van der Waals surface area contributed by atoms with Gasteiger partial charge in [-0.25, -0.2) is 5.32 Å². The van der Waals surface area contributed by atoms with E-state index in [9.17, 15) is 0 Å². The van der Waals surface area contributed by atoms with Crippen LogP contribution in [-0.2, 0) is 0 Å². The van der Waals surface area contributed by atoms with Crippen molar-refractivity contribution in [2.75, 3.05) is 6.54 Å². The second kappa shape index (κ2) is 2.31. The third kappa shape index (κ3) is 1.16. The summed E-state index contributed by atoms with van der Waals surface area (Å²) in [7, 11) is 0. The van der Waals surface area contributed by atoms with Gasteiger partial charge in [-0.3, -0.25) is 0 Å². The van der Waals surface area contributed by atoms with E-state index in [0.29, 0.717) is 0 Å². The molecule has 1 fully saturated rings. The molecule has 0 aromatic carbocycles. The highest BCUT2D eigenvalue weighted by molar-refractivity contribution is 4.70. The lowest BCUT2D eigenvalue weighted by Gasteiger charge is -1.99. The van der Waals surface area contributed by atoms with Crippen LogP contribution in [0.4, 0.5) is 0 Å². The zero-order valence-corrected chi connectivity index (χ0v) is 4.85. The van der Waals surface area contributed by atoms with Gasteiger partial charge < -0.3 is 0 Å². The Bertz CT molecular complexity index is 46.1. The predicted octanol–water partition coefficient (Wildman–Crippen LogP) is 1.16. The van der Waals surface area contributed by atoms with E-state index in [2.05, 4.69) is 12.2 Å². The maximum atomic E-state index is 4.35. The molecular weight excluding hydrogens is 86.1 g/mol. The minimum Gasteiger partial charge on any atom is -0.238 e. The summed E-state index contributed by atoms with van der Waals surface area (Å²) in [4.78, 5) is 0. The van der Waals surface area contributed by atoms with Crippen molar-refractivity contribution < 1.29 is 0 Å². The fourth-order valence-electron chi connectivity index (χ4n) is 1.03. The van der Waals surface area contributed by atoms with Gasteiger partial charge in [0.15, 0.2) is 0 Å². The Kier molecular flexibility index (Phi) is 1.69. The van der Waals surface area contributed by atoms with Gasteiger partial charge in [-0.15, -0.1) is 0 Å². The van der Waals surface area contributed by atoms with Crippen molar-refractivity contribution in [2.24, 2.45) is 0 Å². The molecule has 0 aromatic heterocycles. The lowest BCUT2D eigenvalue weighted by Crippen LogP contribution is -2.11. The molecule has 1 nitrogen and oxygen atoms in total. The van der Waals surface area contributed by atoms with E-state index in [1.165, 1.54) is 19.3 Å². The zero-order chi connectivity index (χ0) is 5.11. The Balaban J connectivity index is 2.14. The van der Waals surface area contributed by atoms with Gasteiger partial charge >= 0.3 is 0 Å². The van der Waals surface area contributed by atoms with Crippen LogP contribution in [-0.4, -0.2) is 12.6 Å². The lowest BCUT2D eigenvalue weighted by atomic mass is 10.2. The van der Waals surface area contributed by atoms with Gasteiger partial charge in [0.1, 0.15) is 0 Å². The number of nitrogens with zero attached hydrogens (tertiary/aromatic N) is 1. The lowest BCUT2D eigenvalue weighted by molar-refractivity contribution is 0.578. The first kappa shape index (κ1) is 5.10. The highest BCUT2D eigenvalue weighted by Gasteiger charge is 2.11. The molecule has 0 aliphatic carbocycles. The summed E-state index contributed by atoms with van der Waals surface area (Å²) >= 11 is 0. The minimum absolute atomic E-state index is 0.722. The number of hydrogen-bond acceptors (Lipinski definition) is 0. The molecule has 0 amide bonds. The fourth-order valence-corrected chi connectivity index (χ4v) is 1.03. The molecule has 0 saturated carbocycles. The second-order valence-corrected chi connectivity index (χ2v) is 2.11. The number of hydrogen-bond donors (Lipinski definition) is 0. The Labute approximate surface area is 45.1 Å². The molecule has 0 aromatic rings. The van der Waals surface area contributed by atoms with E-state index in [1.54, 1.807) is 0 Å². The van der Waals surface area contributed by atoms with Crippen molar-refractivity contribution >= 4 is 0 Å². The number of rotatable bonds is 1. The monoisotopic (exact) mass is 98.1 g/mol. The molecule has 1 aliphatic heterocycles. The van der Waals surface area contributed by atoms with Gasteiger partial charge in [-0.1, -0.05) is 6.92 Å². The molecule has 0 spiro atoms. The molecule has 0 N–H and O–H groups in total. The highest BCUT2D eigenvalue weighted by atomic mass is 14.9. The van der Waals surface area contributed by atoms with Crippen LogP contribution in [0.25, 0.3) is 0 Å².